The van der Waals surface area contributed by atoms with Crippen LogP contribution < -0.4 is 5.73 Å². The summed E-state index contributed by atoms with van der Waals surface area (Å²) in [4.78, 5) is 4.34. The number of hydrogen-bond donors (Lipinski definition) is 2. The fourth-order valence-corrected chi connectivity index (χ4v) is 1.52. The number of nitrogens with one attached hydrogen (secondary N) is 1. The number of pyridine rings is 1. The van der Waals surface area contributed by atoms with Crippen LogP contribution in [0.2, 0.25) is 0 Å². The van der Waals surface area contributed by atoms with Crippen LogP contribution in [0.15, 0.2) is 18.2 Å². The van der Waals surface area contributed by atoms with Crippen LogP contribution >= 0.6 is 0 Å². The van der Waals surface area contributed by atoms with Gasteiger partial charge in [-0.3, -0.25) is 4.98 Å². The molecular weight excluding hydrogens is 186 g/mol. The predicted molar refractivity (Wildman–Crippen MR) is 63.3 cm³/mol. The summed E-state index contributed by atoms with van der Waals surface area (Å²) >= 11 is 0. The molecule has 3 N–H and O–H groups in total. The second-order valence-electron chi connectivity index (χ2n) is 3.65. The maximum Gasteiger partial charge on any atom is 0.0808 e. The Morgan fingerprint density at radius 3 is 2.73 bits per heavy atom. The van der Waals surface area contributed by atoms with Gasteiger partial charge in [0.05, 0.1) is 5.69 Å². The highest BCUT2D eigenvalue weighted by Gasteiger charge is 1.96. The molecule has 0 unspecified atom stereocenters. The lowest BCUT2D eigenvalue weighted by molar-refractivity contribution is 0.642. The summed E-state index contributed by atoms with van der Waals surface area (Å²) in [5, 5.41) is 7.11. The molecule has 0 spiro atoms. The van der Waals surface area contributed by atoms with Crippen molar-refractivity contribution in [3.05, 3.63) is 29.6 Å². The molecule has 0 radical (unpaired) electrons. The van der Waals surface area contributed by atoms with Gasteiger partial charge < -0.3 is 11.1 Å². The molecule has 0 saturated heterocycles. The molecule has 3 nitrogen and oxygen atoms in total. The highest BCUT2D eigenvalue weighted by molar-refractivity contribution is 5.73. The Morgan fingerprint density at radius 1 is 1.20 bits per heavy atom. The third-order valence-corrected chi connectivity index (χ3v) is 2.36. The van der Waals surface area contributed by atoms with E-state index in [4.69, 9.17) is 11.1 Å². The van der Waals surface area contributed by atoms with Gasteiger partial charge in [-0.15, -0.1) is 0 Å². The Morgan fingerprint density at radius 2 is 2.00 bits per heavy atom. The van der Waals surface area contributed by atoms with Crippen LogP contribution in [-0.4, -0.2) is 17.7 Å². The smallest absolute Gasteiger partial charge is 0.0808 e. The van der Waals surface area contributed by atoms with Crippen molar-refractivity contribution in [3.63, 3.8) is 0 Å². The van der Waals surface area contributed by atoms with Gasteiger partial charge in [0, 0.05) is 11.9 Å². The second-order valence-corrected chi connectivity index (χ2v) is 3.65. The Bertz CT molecular complexity index is 297. The molecule has 0 aliphatic rings. The SMILES string of the molecule is N=Cc1cccc(CCCCCCN)n1. The zero-order valence-electron chi connectivity index (χ0n) is 9.08. The van der Waals surface area contributed by atoms with Crippen molar-refractivity contribution in [2.24, 2.45) is 5.73 Å². The largest absolute Gasteiger partial charge is 0.330 e. The first kappa shape index (κ1) is 11.9. The lowest BCUT2D eigenvalue weighted by atomic mass is 10.1. The molecule has 0 aromatic carbocycles. The van der Waals surface area contributed by atoms with E-state index in [0.717, 1.165) is 37.2 Å². The lowest BCUT2D eigenvalue weighted by Gasteiger charge is -2.01. The molecule has 3 heteroatoms. The molecule has 82 valence electrons. The number of nitrogens with zero attached hydrogens (tertiary/aromatic N) is 1. The molecule has 0 saturated carbocycles. The minimum Gasteiger partial charge on any atom is -0.330 e. The van der Waals surface area contributed by atoms with Crippen LogP contribution in [0.25, 0.3) is 0 Å². The molecule has 1 rings (SSSR count). The first-order valence-electron chi connectivity index (χ1n) is 5.53. The van der Waals surface area contributed by atoms with Crippen molar-refractivity contribution in [3.8, 4) is 0 Å². The van der Waals surface area contributed by atoms with Gasteiger partial charge >= 0.3 is 0 Å². The van der Waals surface area contributed by atoms with Gasteiger partial charge in [-0.1, -0.05) is 18.9 Å². The molecule has 0 amide bonds. The molecule has 0 aliphatic heterocycles. The number of rotatable bonds is 7. The summed E-state index contributed by atoms with van der Waals surface area (Å²) in [6.07, 6.45) is 7.00. The van der Waals surface area contributed by atoms with Gasteiger partial charge in [0.15, 0.2) is 0 Å². The van der Waals surface area contributed by atoms with Crippen molar-refractivity contribution in [2.75, 3.05) is 6.54 Å². The van der Waals surface area contributed by atoms with E-state index in [2.05, 4.69) is 4.98 Å². The zero-order chi connectivity index (χ0) is 10.9. The van der Waals surface area contributed by atoms with E-state index in [1.165, 1.54) is 19.1 Å². The number of nitrogens with two attached hydrogens (primary N) is 1. The quantitative estimate of drug-likeness (QED) is 0.529. The van der Waals surface area contributed by atoms with E-state index in [1.807, 2.05) is 18.2 Å². The first-order valence-corrected chi connectivity index (χ1v) is 5.53. The Balaban J connectivity index is 2.27. The van der Waals surface area contributed by atoms with Gasteiger partial charge in [-0.05, 0) is 37.9 Å². The van der Waals surface area contributed by atoms with Gasteiger partial charge in [0.1, 0.15) is 0 Å². The maximum atomic E-state index is 7.11. The van der Waals surface area contributed by atoms with Crippen molar-refractivity contribution >= 4 is 6.21 Å². The fraction of sp³-hybridized carbons (Fsp3) is 0.500. The van der Waals surface area contributed by atoms with E-state index in [9.17, 15) is 0 Å². The number of hydrogen-bond acceptors (Lipinski definition) is 3. The van der Waals surface area contributed by atoms with Crippen LogP contribution in [-0.2, 0) is 6.42 Å². The third kappa shape index (κ3) is 4.70. The average Bonchev–Trinajstić information content (AvgIpc) is 2.29. The summed E-state index contributed by atoms with van der Waals surface area (Å²) in [5.41, 5.74) is 7.25. The van der Waals surface area contributed by atoms with E-state index in [0.29, 0.717) is 0 Å². The Kier molecular flexibility index (Phi) is 5.63. The standard InChI is InChI=1S/C12H19N3/c13-9-4-2-1-3-6-11-7-5-8-12(10-14)15-11/h5,7-8,10,14H,1-4,6,9,13H2. The maximum absolute atomic E-state index is 7.11. The first-order chi connectivity index (χ1) is 7.36. The molecule has 1 aromatic heterocycles. The van der Waals surface area contributed by atoms with Crippen LogP contribution in [0.1, 0.15) is 37.1 Å². The number of aromatic nitrogens is 1. The lowest BCUT2D eigenvalue weighted by Crippen LogP contribution is -1.98. The second kappa shape index (κ2) is 7.12. The minimum atomic E-state index is 0.745. The third-order valence-electron chi connectivity index (χ3n) is 2.36. The Labute approximate surface area is 91.2 Å². The number of aryl methyl sites for hydroxylation is 1. The van der Waals surface area contributed by atoms with E-state index in [1.54, 1.807) is 0 Å². The molecular formula is C12H19N3. The summed E-state index contributed by atoms with van der Waals surface area (Å²) < 4.78 is 0. The van der Waals surface area contributed by atoms with Crippen molar-refractivity contribution < 1.29 is 0 Å². The van der Waals surface area contributed by atoms with Crippen LogP contribution in [0.4, 0.5) is 0 Å². The summed E-state index contributed by atoms with van der Waals surface area (Å²) in [5.74, 6) is 0. The highest BCUT2D eigenvalue weighted by Crippen LogP contribution is 2.06. The normalized spacial score (nSPS) is 10.2. The van der Waals surface area contributed by atoms with E-state index < -0.39 is 0 Å². The molecule has 0 fully saturated rings. The van der Waals surface area contributed by atoms with Crippen LogP contribution in [0.3, 0.4) is 0 Å². The molecule has 0 atom stereocenters. The van der Waals surface area contributed by atoms with Crippen LogP contribution in [0.5, 0.6) is 0 Å². The van der Waals surface area contributed by atoms with Crippen molar-refractivity contribution in [1.29, 1.82) is 5.41 Å². The monoisotopic (exact) mass is 205 g/mol. The van der Waals surface area contributed by atoms with Gasteiger partial charge in [0.2, 0.25) is 0 Å². The topological polar surface area (TPSA) is 62.8 Å². The van der Waals surface area contributed by atoms with Gasteiger partial charge in [0.25, 0.3) is 0 Å². The van der Waals surface area contributed by atoms with Crippen molar-refractivity contribution in [2.45, 2.75) is 32.1 Å². The molecule has 1 heterocycles. The summed E-state index contributed by atoms with van der Waals surface area (Å²) in [6.45, 7) is 0.793. The molecule has 0 bridgehead atoms. The molecule has 15 heavy (non-hydrogen) atoms. The summed E-state index contributed by atoms with van der Waals surface area (Å²) in [6, 6.07) is 5.84. The minimum absolute atomic E-state index is 0.745. The van der Waals surface area contributed by atoms with Gasteiger partial charge in [-0.2, -0.15) is 0 Å². The fourth-order valence-electron chi connectivity index (χ4n) is 1.52. The average molecular weight is 205 g/mol. The van der Waals surface area contributed by atoms with Crippen LogP contribution in [0, 0.1) is 5.41 Å². The molecule has 1 aromatic rings. The van der Waals surface area contributed by atoms with E-state index in [-0.39, 0.29) is 0 Å². The summed E-state index contributed by atoms with van der Waals surface area (Å²) in [7, 11) is 0. The van der Waals surface area contributed by atoms with E-state index >= 15 is 0 Å². The number of unbranched alkanes of at least 4 members (excludes halogenated alkanes) is 3. The predicted octanol–water partition coefficient (Wildman–Crippen LogP) is 2.14. The zero-order valence-corrected chi connectivity index (χ0v) is 9.08. The van der Waals surface area contributed by atoms with Gasteiger partial charge in [-0.25, -0.2) is 0 Å². The van der Waals surface area contributed by atoms with Crippen molar-refractivity contribution in [1.82, 2.24) is 4.98 Å². The highest BCUT2D eigenvalue weighted by atomic mass is 14.7. The Hall–Kier alpha value is -1.22. The molecule has 0 aliphatic carbocycles.